The summed E-state index contributed by atoms with van der Waals surface area (Å²) in [4.78, 5) is 20.4. The predicted molar refractivity (Wildman–Crippen MR) is 98.3 cm³/mol. The first-order valence-corrected chi connectivity index (χ1v) is 9.23. The molecular weight excluding hydrogens is 372 g/mol. The molecule has 0 aliphatic rings. The van der Waals surface area contributed by atoms with E-state index in [9.17, 15) is 13.6 Å². The normalized spacial score (nSPS) is 12.6. The van der Waals surface area contributed by atoms with Crippen LogP contribution in [0, 0.1) is 11.6 Å². The number of quaternary nitrogens is 1. The van der Waals surface area contributed by atoms with E-state index in [2.05, 4.69) is 9.97 Å². The first-order valence-electron chi connectivity index (χ1n) is 8.35. The van der Waals surface area contributed by atoms with E-state index in [0.29, 0.717) is 39.5 Å². The molecule has 1 aromatic carbocycles. The molecule has 3 aromatic heterocycles. The molecule has 1 atom stereocenters. The van der Waals surface area contributed by atoms with Crippen LogP contribution < -0.4 is 10.9 Å². The first kappa shape index (κ1) is 17.6. The van der Waals surface area contributed by atoms with Gasteiger partial charge in [-0.25, -0.2) is 13.8 Å². The number of hydrogen-bond acceptors (Lipinski definition) is 4. The fourth-order valence-electron chi connectivity index (χ4n) is 2.99. The highest BCUT2D eigenvalue weighted by molar-refractivity contribution is 7.17. The van der Waals surface area contributed by atoms with Crippen LogP contribution in [-0.4, -0.2) is 9.97 Å². The number of halogens is 2. The Morgan fingerprint density at radius 2 is 2.19 bits per heavy atom. The topological polar surface area (TPSA) is 75.5 Å². The number of hydrogen-bond donors (Lipinski definition) is 2. The summed E-state index contributed by atoms with van der Waals surface area (Å²) in [5.41, 5.74) is 0.874. The van der Waals surface area contributed by atoms with Gasteiger partial charge in [0.1, 0.15) is 34.8 Å². The standard InChI is InChI=1S/C19H15F2N3O2S/c1-10(12-5-4-11(20)7-14(12)21)22-8-16-23-18(25)17-13(9-27-19(17)24-16)15-3-2-6-26-15/h2-7,9-10,22H,8H2,1H3,(H,23,24,25)/p+1/t10-/m1/s1. The van der Waals surface area contributed by atoms with Crippen LogP contribution in [0.5, 0.6) is 0 Å². The zero-order valence-corrected chi connectivity index (χ0v) is 15.1. The van der Waals surface area contributed by atoms with E-state index in [1.807, 2.05) is 17.6 Å². The first-order chi connectivity index (χ1) is 13.0. The zero-order chi connectivity index (χ0) is 19.0. The van der Waals surface area contributed by atoms with E-state index in [-0.39, 0.29) is 11.6 Å². The fourth-order valence-corrected chi connectivity index (χ4v) is 3.94. The van der Waals surface area contributed by atoms with Gasteiger partial charge in [-0.1, -0.05) is 0 Å². The molecule has 0 aliphatic heterocycles. The van der Waals surface area contributed by atoms with Crippen LogP contribution in [0.2, 0.25) is 0 Å². The third-order valence-corrected chi connectivity index (χ3v) is 5.27. The summed E-state index contributed by atoms with van der Waals surface area (Å²) in [5.74, 6) is -0.0788. The van der Waals surface area contributed by atoms with Crippen molar-refractivity contribution in [3.05, 3.63) is 75.4 Å². The van der Waals surface area contributed by atoms with E-state index in [0.717, 1.165) is 6.07 Å². The summed E-state index contributed by atoms with van der Waals surface area (Å²) in [7, 11) is 0. The van der Waals surface area contributed by atoms with Gasteiger partial charge in [0.2, 0.25) is 0 Å². The number of furan rings is 1. The Morgan fingerprint density at radius 1 is 1.33 bits per heavy atom. The van der Waals surface area contributed by atoms with Crippen molar-refractivity contribution in [1.82, 2.24) is 9.97 Å². The Bertz CT molecular complexity index is 1150. The Hall–Kier alpha value is -2.84. The minimum atomic E-state index is -0.607. The van der Waals surface area contributed by atoms with Crippen molar-refractivity contribution in [3.63, 3.8) is 0 Å². The molecule has 3 heterocycles. The lowest BCUT2D eigenvalue weighted by Gasteiger charge is -2.11. The monoisotopic (exact) mass is 388 g/mol. The van der Waals surface area contributed by atoms with Gasteiger partial charge >= 0.3 is 0 Å². The smallest absolute Gasteiger partial charge is 0.260 e. The fraction of sp³-hybridized carbons (Fsp3) is 0.158. The van der Waals surface area contributed by atoms with Gasteiger partial charge in [-0.3, -0.25) is 4.79 Å². The summed E-state index contributed by atoms with van der Waals surface area (Å²) in [6.07, 6.45) is 1.56. The van der Waals surface area contributed by atoms with Gasteiger partial charge < -0.3 is 14.7 Å². The molecule has 4 rings (SSSR count). The molecule has 0 bridgehead atoms. The molecule has 4 aromatic rings. The molecule has 0 aliphatic carbocycles. The molecule has 138 valence electrons. The zero-order valence-electron chi connectivity index (χ0n) is 14.3. The molecule has 5 nitrogen and oxygen atoms in total. The summed E-state index contributed by atoms with van der Waals surface area (Å²) in [6, 6.07) is 6.83. The maximum Gasteiger partial charge on any atom is 0.260 e. The number of fused-ring (bicyclic) bond motifs is 1. The largest absolute Gasteiger partial charge is 0.464 e. The number of thiophene rings is 1. The molecule has 0 amide bonds. The van der Waals surface area contributed by atoms with Crippen LogP contribution in [0.25, 0.3) is 21.5 Å². The van der Waals surface area contributed by atoms with E-state index in [1.165, 1.54) is 23.5 Å². The number of nitrogens with zero attached hydrogens (tertiary/aromatic N) is 1. The highest BCUT2D eigenvalue weighted by atomic mass is 32.1. The van der Waals surface area contributed by atoms with Crippen molar-refractivity contribution in [2.75, 3.05) is 0 Å². The van der Waals surface area contributed by atoms with Crippen LogP contribution in [0.4, 0.5) is 8.78 Å². The lowest BCUT2D eigenvalue weighted by Crippen LogP contribution is -2.83. The van der Waals surface area contributed by atoms with Crippen molar-refractivity contribution in [3.8, 4) is 11.3 Å². The van der Waals surface area contributed by atoms with Crippen LogP contribution >= 0.6 is 11.3 Å². The van der Waals surface area contributed by atoms with Crippen molar-refractivity contribution in [2.45, 2.75) is 19.5 Å². The third-order valence-electron chi connectivity index (χ3n) is 4.40. The van der Waals surface area contributed by atoms with Gasteiger partial charge in [-0.15, -0.1) is 11.3 Å². The predicted octanol–water partition coefficient (Wildman–Crippen LogP) is 3.35. The average Bonchev–Trinajstić information content (AvgIpc) is 3.29. The van der Waals surface area contributed by atoms with Crippen LogP contribution in [0.3, 0.4) is 0 Å². The average molecular weight is 388 g/mol. The summed E-state index contributed by atoms with van der Waals surface area (Å²) < 4.78 is 32.3. The van der Waals surface area contributed by atoms with Crippen LogP contribution in [-0.2, 0) is 6.54 Å². The number of H-pyrrole nitrogens is 1. The number of nitrogens with two attached hydrogens (primary N) is 1. The van der Waals surface area contributed by atoms with E-state index in [4.69, 9.17) is 4.42 Å². The van der Waals surface area contributed by atoms with Gasteiger partial charge in [0, 0.05) is 22.6 Å². The Kier molecular flexibility index (Phi) is 4.59. The van der Waals surface area contributed by atoms with Gasteiger partial charge in [-0.05, 0) is 31.2 Å². The van der Waals surface area contributed by atoms with Gasteiger partial charge in [0.25, 0.3) is 5.56 Å². The molecule has 0 radical (unpaired) electrons. The quantitative estimate of drug-likeness (QED) is 0.551. The summed E-state index contributed by atoms with van der Waals surface area (Å²) in [6.45, 7) is 2.17. The second-order valence-electron chi connectivity index (χ2n) is 6.21. The Morgan fingerprint density at radius 3 is 2.93 bits per heavy atom. The summed E-state index contributed by atoms with van der Waals surface area (Å²) >= 11 is 1.37. The number of aromatic nitrogens is 2. The number of nitrogens with one attached hydrogen (secondary N) is 1. The molecule has 0 saturated heterocycles. The SMILES string of the molecule is C[C@@H]([NH2+]Cc1nc2scc(-c3ccco3)c2c(=O)[nH]1)c1ccc(F)cc1F. The third kappa shape index (κ3) is 3.41. The van der Waals surface area contributed by atoms with Gasteiger partial charge in [0.15, 0.2) is 5.82 Å². The van der Waals surface area contributed by atoms with Crippen molar-refractivity contribution < 1.29 is 18.5 Å². The molecule has 8 heteroatoms. The van der Waals surface area contributed by atoms with E-state index in [1.54, 1.807) is 18.4 Å². The number of benzene rings is 1. The molecular formula is C19H16F2N3O2S+. The highest BCUT2D eigenvalue weighted by Crippen LogP contribution is 2.30. The number of rotatable bonds is 5. The lowest BCUT2D eigenvalue weighted by atomic mass is 10.1. The van der Waals surface area contributed by atoms with Gasteiger partial charge in [0.05, 0.1) is 11.6 Å². The molecule has 0 spiro atoms. The Balaban J connectivity index is 1.57. The Labute approximate surface area is 156 Å². The summed E-state index contributed by atoms with van der Waals surface area (Å²) in [5, 5.41) is 4.17. The molecule has 27 heavy (non-hydrogen) atoms. The molecule has 0 saturated carbocycles. The van der Waals surface area contributed by atoms with Crippen LogP contribution in [0.1, 0.15) is 24.4 Å². The second kappa shape index (κ2) is 7.05. The van der Waals surface area contributed by atoms with E-state index >= 15 is 0 Å². The van der Waals surface area contributed by atoms with Crippen molar-refractivity contribution in [2.24, 2.45) is 0 Å². The minimum absolute atomic E-state index is 0.239. The second-order valence-corrected chi connectivity index (χ2v) is 7.07. The van der Waals surface area contributed by atoms with Crippen LogP contribution in [0.15, 0.2) is 51.2 Å². The minimum Gasteiger partial charge on any atom is -0.464 e. The number of aromatic amines is 1. The molecule has 0 fully saturated rings. The van der Waals surface area contributed by atoms with Crippen molar-refractivity contribution >= 4 is 21.6 Å². The lowest BCUT2D eigenvalue weighted by molar-refractivity contribution is -0.709. The van der Waals surface area contributed by atoms with Gasteiger partial charge in [-0.2, -0.15) is 0 Å². The maximum atomic E-state index is 13.9. The maximum absolute atomic E-state index is 13.9. The van der Waals surface area contributed by atoms with E-state index < -0.39 is 11.6 Å². The van der Waals surface area contributed by atoms with Crippen molar-refractivity contribution in [1.29, 1.82) is 0 Å². The molecule has 0 unspecified atom stereocenters. The molecule has 3 N–H and O–H groups in total. The highest BCUT2D eigenvalue weighted by Gasteiger charge is 2.17.